The Hall–Kier alpha value is -1.64. The fourth-order valence-electron chi connectivity index (χ4n) is 2.17. The van der Waals surface area contributed by atoms with Crippen LogP contribution in [0, 0.1) is 0 Å². The maximum absolute atomic E-state index is 5.36. The smallest absolute Gasteiger partial charge is 0.294 e. The monoisotopic (exact) mass is 350 g/mol. The highest BCUT2D eigenvalue weighted by Crippen LogP contribution is 2.29. The molecule has 0 unspecified atom stereocenters. The van der Waals surface area contributed by atoms with Crippen molar-refractivity contribution in [1.29, 1.82) is 0 Å². The highest BCUT2D eigenvalue weighted by atomic mass is 32.2. The molecule has 0 aliphatic rings. The molecule has 0 saturated heterocycles. The van der Waals surface area contributed by atoms with Gasteiger partial charge in [0, 0.05) is 13.7 Å². The van der Waals surface area contributed by atoms with Crippen molar-refractivity contribution < 1.29 is 9.47 Å². The summed E-state index contributed by atoms with van der Waals surface area (Å²) < 4.78 is 12.8. The fraction of sp³-hybridized carbons (Fsp3) is 0.400. The van der Waals surface area contributed by atoms with Gasteiger partial charge in [-0.05, 0) is 19.1 Å². The summed E-state index contributed by atoms with van der Waals surface area (Å²) in [6.07, 6.45) is 0. The summed E-state index contributed by atoms with van der Waals surface area (Å²) in [6.45, 7) is 3.98. The standard InChI is InChI=1S/C15H18N4O2S2/c1-3-21-15-18-17-13(23-15)10-22-14-16-11-6-4-5-7-12(11)19(14)8-9-20-2/h4-7H,3,8-10H2,1-2H3. The molecule has 0 atom stereocenters. The zero-order valence-corrected chi connectivity index (χ0v) is 14.7. The molecule has 0 aliphatic carbocycles. The highest BCUT2D eigenvalue weighted by Gasteiger charge is 2.12. The summed E-state index contributed by atoms with van der Waals surface area (Å²) in [5, 5.41) is 10.7. The van der Waals surface area contributed by atoms with Crippen LogP contribution in [0.25, 0.3) is 11.0 Å². The first-order valence-corrected chi connectivity index (χ1v) is 9.14. The average molecular weight is 350 g/mol. The Kier molecular flexibility index (Phi) is 5.47. The van der Waals surface area contributed by atoms with Gasteiger partial charge in [0.1, 0.15) is 5.01 Å². The largest absolute Gasteiger partial charge is 0.469 e. The van der Waals surface area contributed by atoms with Gasteiger partial charge >= 0.3 is 0 Å². The Morgan fingerprint density at radius 2 is 2.13 bits per heavy atom. The van der Waals surface area contributed by atoms with Crippen molar-refractivity contribution in [2.24, 2.45) is 0 Å². The summed E-state index contributed by atoms with van der Waals surface area (Å²) in [7, 11) is 1.71. The number of benzene rings is 1. The topological polar surface area (TPSA) is 62.1 Å². The minimum atomic E-state index is 0.606. The van der Waals surface area contributed by atoms with Crippen LogP contribution in [0.1, 0.15) is 11.9 Å². The van der Waals surface area contributed by atoms with Crippen molar-refractivity contribution in [3.8, 4) is 5.19 Å². The molecule has 8 heteroatoms. The number of thioether (sulfide) groups is 1. The van der Waals surface area contributed by atoms with Crippen LogP contribution in [-0.4, -0.2) is 40.1 Å². The molecule has 0 radical (unpaired) electrons. The summed E-state index contributed by atoms with van der Waals surface area (Å²) in [5.41, 5.74) is 2.12. The Bertz CT molecular complexity index is 772. The minimum Gasteiger partial charge on any atom is -0.469 e. The number of hydrogen-bond donors (Lipinski definition) is 0. The molecule has 2 heterocycles. The lowest BCUT2D eigenvalue weighted by Gasteiger charge is -2.07. The first-order chi connectivity index (χ1) is 11.3. The molecule has 0 fully saturated rings. The third-order valence-electron chi connectivity index (χ3n) is 3.18. The number of ether oxygens (including phenoxy) is 2. The van der Waals surface area contributed by atoms with Crippen molar-refractivity contribution in [3.05, 3.63) is 29.3 Å². The van der Waals surface area contributed by atoms with E-state index in [1.165, 1.54) is 11.3 Å². The summed E-state index contributed by atoms with van der Waals surface area (Å²) in [6, 6.07) is 8.14. The van der Waals surface area contributed by atoms with Crippen LogP contribution >= 0.6 is 23.1 Å². The quantitative estimate of drug-likeness (QED) is 0.581. The predicted octanol–water partition coefficient (Wildman–Crippen LogP) is 3.23. The van der Waals surface area contributed by atoms with E-state index >= 15 is 0 Å². The Balaban J connectivity index is 1.77. The van der Waals surface area contributed by atoms with Gasteiger partial charge in [-0.25, -0.2) is 4.98 Å². The molecule has 3 rings (SSSR count). The minimum absolute atomic E-state index is 0.606. The number of imidazole rings is 1. The van der Waals surface area contributed by atoms with Crippen LogP contribution in [0.15, 0.2) is 29.4 Å². The van der Waals surface area contributed by atoms with E-state index in [1.807, 2.05) is 25.1 Å². The lowest BCUT2D eigenvalue weighted by Crippen LogP contribution is -2.05. The van der Waals surface area contributed by atoms with Gasteiger partial charge in [0.2, 0.25) is 0 Å². The Labute approximate surface area is 142 Å². The van der Waals surface area contributed by atoms with Crippen molar-refractivity contribution >= 4 is 34.1 Å². The van der Waals surface area contributed by atoms with E-state index in [0.717, 1.165) is 33.5 Å². The van der Waals surface area contributed by atoms with Gasteiger partial charge < -0.3 is 14.0 Å². The van der Waals surface area contributed by atoms with Crippen LogP contribution in [0.3, 0.4) is 0 Å². The van der Waals surface area contributed by atoms with E-state index in [-0.39, 0.29) is 0 Å². The second-order valence-corrected chi connectivity index (χ2v) is 6.68. The second-order valence-electron chi connectivity index (χ2n) is 4.71. The van der Waals surface area contributed by atoms with Gasteiger partial charge in [0.25, 0.3) is 5.19 Å². The lowest BCUT2D eigenvalue weighted by atomic mass is 10.3. The number of para-hydroxylation sites is 2. The normalized spacial score (nSPS) is 11.2. The third-order valence-corrected chi connectivity index (χ3v) is 5.19. The SMILES string of the molecule is CCOc1nnc(CSc2nc3ccccc3n2CCOC)s1. The molecule has 0 aliphatic heterocycles. The molecule has 1 aromatic carbocycles. The Morgan fingerprint density at radius 3 is 2.96 bits per heavy atom. The lowest BCUT2D eigenvalue weighted by molar-refractivity contribution is 0.186. The van der Waals surface area contributed by atoms with Crippen LogP contribution in [0.2, 0.25) is 0 Å². The molecule has 0 N–H and O–H groups in total. The number of hydrogen-bond acceptors (Lipinski definition) is 7. The number of aromatic nitrogens is 4. The van der Waals surface area contributed by atoms with E-state index in [0.29, 0.717) is 18.4 Å². The van der Waals surface area contributed by atoms with Crippen molar-refractivity contribution in [2.75, 3.05) is 20.3 Å². The molecule has 3 aromatic rings. The second kappa shape index (κ2) is 7.76. The summed E-state index contributed by atoms with van der Waals surface area (Å²) in [4.78, 5) is 4.72. The number of fused-ring (bicyclic) bond motifs is 1. The van der Waals surface area contributed by atoms with E-state index in [1.54, 1.807) is 18.9 Å². The van der Waals surface area contributed by atoms with E-state index in [2.05, 4.69) is 20.8 Å². The maximum Gasteiger partial charge on any atom is 0.294 e. The molecule has 0 bridgehead atoms. The molecule has 0 amide bonds. The Morgan fingerprint density at radius 1 is 1.26 bits per heavy atom. The van der Waals surface area contributed by atoms with Gasteiger partial charge in [0.05, 0.1) is 30.0 Å². The summed E-state index contributed by atoms with van der Waals surface area (Å²) >= 11 is 3.14. The zero-order chi connectivity index (χ0) is 16.1. The van der Waals surface area contributed by atoms with Crippen molar-refractivity contribution in [1.82, 2.24) is 19.7 Å². The first kappa shape index (κ1) is 16.2. The van der Waals surface area contributed by atoms with Crippen LogP contribution in [-0.2, 0) is 17.0 Å². The summed E-state index contributed by atoms with van der Waals surface area (Å²) in [5.74, 6) is 0.723. The van der Waals surface area contributed by atoms with Gasteiger partial charge in [-0.15, -0.1) is 10.2 Å². The van der Waals surface area contributed by atoms with Gasteiger partial charge in [0.15, 0.2) is 5.16 Å². The van der Waals surface area contributed by atoms with Gasteiger partial charge in [-0.1, -0.05) is 35.2 Å². The molecule has 2 aromatic heterocycles. The van der Waals surface area contributed by atoms with Crippen LogP contribution < -0.4 is 4.74 Å². The molecular formula is C15H18N4O2S2. The van der Waals surface area contributed by atoms with Crippen LogP contribution in [0.4, 0.5) is 0 Å². The maximum atomic E-state index is 5.36. The van der Waals surface area contributed by atoms with E-state index < -0.39 is 0 Å². The van der Waals surface area contributed by atoms with Crippen molar-refractivity contribution in [2.45, 2.75) is 24.4 Å². The predicted molar refractivity (Wildman–Crippen MR) is 92.2 cm³/mol. The zero-order valence-electron chi connectivity index (χ0n) is 13.1. The molecule has 0 saturated carbocycles. The van der Waals surface area contributed by atoms with Crippen LogP contribution in [0.5, 0.6) is 5.19 Å². The van der Waals surface area contributed by atoms with E-state index in [4.69, 9.17) is 14.5 Å². The first-order valence-electron chi connectivity index (χ1n) is 7.34. The molecule has 23 heavy (non-hydrogen) atoms. The highest BCUT2D eigenvalue weighted by molar-refractivity contribution is 7.98. The number of methoxy groups -OCH3 is 1. The molecular weight excluding hydrogens is 332 g/mol. The van der Waals surface area contributed by atoms with Gasteiger partial charge in [-0.3, -0.25) is 0 Å². The molecule has 0 spiro atoms. The molecule has 6 nitrogen and oxygen atoms in total. The number of rotatable bonds is 8. The van der Waals surface area contributed by atoms with E-state index in [9.17, 15) is 0 Å². The number of nitrogens with zero attached hydrogens (tertiary/aromatic N) is 4. The van der Waals surface area contributed by atoms with Crippen molar-refractivity contribution in [3.63, 3.8) is 0 Å². The third kappa shape index (κ3) is 3.82. The van der Waals surface area contributed by atoms with Gasteiger partial charge in [-0.2, -0.15) is 0 Å². The molecule has 122 valence electrons. The average Bonchev–Trinajstić information content (AvgIpc) is 3.15. The fourth-order valence-corrected chi connectivity index (χ4v) is 3.94.